The summed E-state index contributed by atoms with van der Waals surface area (Å²) in [7, 11) is 0. The van der Waals surface area contributed by atoms with E-state index >= 15 is 0 Å². The third-order valence-corrected chi connectivity index (χ3v) is 4.66. The van der Waals surface area contributed by atoms with E-state index in [2.05, 4.69) is 45.8 Å². The van der Waals surface area contributed by atoms with Crippen molar-refractivity contribution in [2.45, 2.75) is 6.92 Å². The van der Waals surface area contributed by atoms with E-state index in [1.807, 2.05) is 55.6 Å². The summed E-state index contributed by atoms with van der Waals surface area (Å²) in [6.45, 7) is 1.94. The molecule has 5 aromatic rings. The number of anilines is 4. The van der Waals surface area contributed by atoms with Gasteiger partial charge in [0.2, 0.25) is 5.95 Å². The number of nitrogens with zero attached hydrogens (tertiary/aromatic N) is 6. The molecule has 0 aliphatic heterocycles. The molecule has 0 aliphatic rings. The predicted octanol–water partition coefficient (Wildman–Crippen LogP) is 4.51. The summed E-state index contributed by atoms with van der Waals surface area (Å²) in [5.41, 5.74) is 4.61. The number of aromatic nitrogens is 7. The van der Waals surface area contributed by atoms with Crippen molar-refractivity contribution in [3.63, 3.8) is 0 Å². The number of pyridine rings is 1. The van der Waals surface area contributed by atoms with Crippen molar-refractivity contribution in [3.8, 4) is 22.6 Å². The highest BCUT2D eigenvalue weighted by atomic mass is 15.2. The molecule has 9 heteroatoms. The predicted molar refractivity (Wildman–Crippen MR) is 123 cm³/mol. The summed E-state index contributed by atoms with van der Waals surface area (Å²) in [6.07, 6.45) is 7.01. The van der Waals surface area contributed by atoms with Crippen molar-refractivity contribution in [2.24, 2.45) is 0 Å². The van der Waals surface area contributed by atoms with Crippen LogP contribution in [0, 0.1) is 6.92 Å². The van der Waals surface area contributed by atoms with Gasteiger partial charge in [0, 0.05) is 35.5 Å². The molecule has 0 unspecified atom stereocenters. The molecular formula is C23H19N9. The molecule has 3 N–H and O–H groups in total. The standard InChI is InChI=1S/C23H19N9/c1-15-3-2-4-19(28-15)22-24-11-9-20(31-22)30-21-10-12-25-23(32-21)29-18-7-5-16(6-8-18)17-13-26-27-14-17/h2-14H,1H3,(H,26,27)(H2,24,25,29,30,31,32). The Morgan fingerprint density at radius 3 is 2.34 bits per heavy atom. The average molecular weight is 421 g/mol. The second-order valence-electron chi connectivity index (χ2n) is 7.01. The first-order chi connectivity index (χ1) is 15.7. The monoisotopic (exact) mass is 421 g/mol. The van der Waals surface area contributed by atoms with Gasteiger partial charge >= 0.3 is 0 Å². The number of aryl methyl sites for hydroxylation is 1. The third-order valence-electron chi connectivity index (χ3n) is 4.66. The Morgan fingerprint density at radius 2 is 1.56 bits per heavy atom. The largest absolute Gasteiger partial charge is 0.325 e. The fraction of sp³-hybridized carbons (Fsp3) is 0.0435. The van der Waals surface area contributed by atoms with Crippen LogP contribution in [-0.2, 0) is 0 Å². The first-order valence-corrected chi connectivity index (χ1v) is 9.96. The number of hydrogen-bond acceptors (Lipinski definition) is 8. The number of nitrogens with one attached hydrogen (secondary N) is 3. The minimum absolute atomic E-state index is 0.473. The van der Waals surface area contributed by atoms with E-state index in [0.717, 1.165) is 28.2 Å². The first-order valence-electron chi connectivity index (χ1n) is 9.96. The third kappa shape index (κ3) is 4.41. The minimum atomic E-state index is 0.473. The molecule has 0 spiro atoms. The fourth-order valence-electron chi connectivity index (χ4n) is 3.12. The zero-order valence-corrected chi connectivity index (χ0v) is 17.2. The van der Waals surface area contributed by atoms with Gasteiger partial charge in [0.25, 0.3) is 0 Å². The number of aromatic amines is 1. The van der Waals surface area contributed by atoms with Gasteiger partial charge in [-0.3, -0.25) is 5.10 Å². The van der Waals surface area contributed by atoms with Crippen LogP contribution in [0.3, 0.4) is 0 Å². The average Bonchev–Trinajstić information content (AvgIpc) is 3.35. The molecule has 0 amide bonds. The quantitative estimate of drug-likeness (QED) is 0.366. The number of hydrogen-bond donors (Lipinski definition) is 3. The van der Waals surface area contributed by atoms with Crippen molar-refractivity contribution in [1.82, 2.24) is 35.1 Å². The molecule has 9 nitrogen and oxygen atoms in total. The Labute approximate surface area is 184 Å². The van der Waals surface area contributed by atoms with Crippen LogP contribution in [-0.4, -0.2) is 35.1 Å². The van der Waals surface area contributed by atoms with E-state index < -0.39 is 0 Å². The SMILES string of the molecule is Cc1cccc(-c2nccc(Nc3ccnc(Nc4ccc(-c5cn[nH]c5)cc4)n3)n2)n1. The van der Waals surface area contributed by atoms with Gasteiger partial charge in [-0.1, -0.05) is 18.2 Å². The number of H-pyrrole nitrogens is 1. The van der Waals surface area contributed by atoms with E-state index in [-0.39, 0.29) is 0 Å². The van der Waals surface area contributed by atoms with E-state index in [9.17, 15) is 0 Å². The molecule has 0 bridgehead atoms. The van der Waals surface area contributed by atoms with Gasteiger partial charge < -0.3 is 10.6 Å². The van der Waals surface area contributed by atoms with Crippen molar-refractivity contribution < 1.29 is 0 Å². The van der Waals surface area contributed by atoms with Crippen LogP contribution in [0.2, 0.25) is 0 Å². The zero-order chi connectivity index (χ0) is 21.8. The maximum absolute atomic E-state index is 4.55. The fourth-order valence-corrected chi connectivity index (χ4v) is 3.12. The van der Waals surface area contributed by atoms with Gasteiger partial charge in [-0.2, -0.15) is 10.1 Å². The summed E-state index contributed by atoms with van der Waals surface area (Å²) < 4.78 is 0. The Bertz CT molecular complexity index is 1330. The van der Waals surface area contributed by atoms with Gasteiger partial charge in [-0.05, 0) is 48.9 Å². The van der Waals surface area contributed by atoms with Crippen molar-refractivity contribution in [3.05, 3.63) is 85.1 Å². The first kappa shape index (κ1) is 19.3. The smallest absolute Gasteiger partial charge is 0.229 e. The molecule has 0 saturated carbocycles. The van der Waals surface area contributed by atoms with Crippen molar-refractivity contribution in [2.75, 3.05) is 10.6 Å². The minimum Gasteiger partial charge on any atom is -0.325 e. The van der Waals surface area contributed by atoms with Crippen molar-refractivity contribution in [1.29, 1.82) is 0 Å². The van der Waals surface area contributed by atoms with Crippen molar-refractivity contribution >= 4 is 23.3 Å². The Hall–Kier alpha value is -4.66. The van der Waals surface area contributed by atoms with E-state index in [0.29, 0.717) is 23.4 Å². The maximum atomic E-state index is 4.55. The molecule has 1 aromatic carbocycles. The molecule has 0 saturated heterocycles. The summed E-state index contributed by atoms with van der Waals surface area (Å²) >= 11 is 0. The van der Waals surface area contributed by atoms with Gasteiger partial charge in [0.1, 0.15) is 17.3 Å². The summed E-state index contributed by atoms with van der Waals surface area (Å²) in [6, 6.07) is 17.3. The molecule has 156 valence electrons. The van der Waals surface area contributed by atoms with E-state index in [1.165, 1.54) is 0 Å². The molecule has 4 aromatic heterocycles. The molecule has 0 radical (unpaired) electrons. The van der Waals surface area contributed by atoms with E-state index in [1.54, 1.807) is 30.7 Å². The lowest BCUT2D eigenvalue weighted by molar-refractivity contribution is 1.09. The highest BCUT2D eigenvalue weighted by molar-refractivity contribution is 5.66. The number of rotatable bonds is 6. The van der Waals surface area contributed by atoms with Crippen LogP contribution in [0.25, 0.3) is 22.6 Å². The molecule has 0 aliphatic carbocycles. The van der Waals surface area contributed by atoms with Gasteiger partial charge in [0.05, 0.1) is 6.20 Å². The molecule has 0 fully saturated rings. The Balaban J connectivity index is 1.31. The van der Waals surface area contributed by atoms with Crippen LogP contribution < -0.4 is 10.6 Å². The lowest BCUT2D eigenvalue weighted by Gasteiger charge is -2.09. The molecule has 32 heavy (non-hydrogen) atoms. The molecule has 0 atom stereocenters. The number of benzene rings is 1. The lowest BCUT2D eigenvalue weighted by Crippen LogP contribution is -2.02. The molecule has 4 heterocycles. The van der Waals surface area contributed by atoms with Crippen LogP contribution in [0.5, 0.6) is 0 Å². The summed E-state index contributed by atoms with van der Waals surface area (Å²) in [5.74, 6) is 2.25. The Kier molecular flexibility index (Phi) is 5.19. The van der Waals surface area contributed by atoms with Gasteiger partial charge in [-0.25, -0.2) is 19.9 Å². The van der Waals surface area contributed by atoms with Crippen LogP contribution in [0.4, 0.5) is 23.3 Å². The summed E-state index contributed by atoms with van der Waals surface area (Å²) in [4.78, 5) is 22.2. The lowest BCUT2D eigenvalue weighted by atomic mass is 10.1. The highest BCUT2D eigenvalue weighted by Crippen LogP contribution is 2.22. The van der Waals surface area contributed by atoms with Crippen LogP contribution in [0.15, 0.2) is 79.4 Å². The van der Waals surface area contributed by atoms with Crippen LogP contribution >= 0.6 is 0 Å². The second-order valence-corrected chi connectivity index (χ2v) is 7.01. The second kappa shape index (κ2) is 8.60. The topological polar surface area (TPSA) is 117 Å². The highest BCUT2D eigenvalue weighted by Gasteiger charge is 2.07. The maximum Gasteiger partial charge on any atom is 0.229 e. The molecule has 5 rings (SSSR count). The normalized spacial score (nSPS) is 10.7. The van der Waals surface area contributed by atoms with E-state index in [4.69, 9.17) is 0 Å². The van der Waals surface area contributed by atoms with Crippen LogP contribution in [0.1, 0.15) is 5.69 Å². The summed E-state index contributed by atoms with van der Waals surface area (Å²) in [5, 5.41) is 13.2. The molecular weight excluding hydrogens is 402 g/mol. The zero-order valence-electron chi connectivity index (χ0n) is 17.2. The van der Waals surface area contributed by atoms with Gasteiger partial charge in [-0.15, -0.1) is 0 Å². The van der Waals surface area contributed by atoms with Gasteiger partial charge in [0.15, 0.2) is 5.82 Å². The Morgan fingerprint density at radius 1 is 0.750 bits per heavy atom.